The van der Waals surface area contributed by atoms with Crippen LogP contribution in [-0.2, 0) is 0 Å². The molecule has 0 atom stereocenters. The second-order valence-electron chi connectivity index (χ2n) is 2.79. The van der Waals surface area contributed by atoms with Crippen molar-refractivity contribution in [3.8, 4) is 0 Å². The van der Waals surface area contributed by atoms with E-state index in [-0.39, 0.29) is 0 Å². The molecule has 1 aliphatic rings. The standard InChI is InChI=1S/C8H12N2O2/c11-9-6-7-4-2-1-3-5-8(7)10-12/h11-12H,1-5H2/p-1/b10-8+. The number of hydrogen-bond acceptors (Lipinski definition) is 4. The monoisotopic (exact) mass is 167 g/mol. The molecule has 0 heterocycles. The van der Waals surface area contributed by atoms with Gasteiger partial charge in [-0.2, -0.15) is 0 Å². The van der Waals surface area contributed by atoms with Gasteiger partial charge < -0.3 is 15.6 Å². The Balaban J connectivity index is 2.86. The minimum absolute atomic E-state index is 0.491. The molecule has 0 aliphatic heterocycles. The van der Waals surface area contributed by atoms with E-state index in [1.165, 1.54) is 0 Å². The SMILES string of the molecule is [O-]/N=C1\CCCCCC1=C=NO. The van der Waals surface area contributed by atoms with E-state index in [1.54, 1.807) is 0 Å². The van der Waals surface area contributed by atoms with Crippen LogP contribution in [-0.4, -0.2) is 16.8 Å². The van der Waals surface area contributed by atoms with E-state index < -0.39 is 0 Å². The Morgan fingerprint density at radius 1 is 1.25 bits per heavy atom. The van der Waals surface area contributed by atoms with Crippen LogP contribution in [0.2, 0.25) is 0 Å². The van der Waals surface area contributed by atoms with Crippen LogP contribution in [0.1, 0.15) is 32.1 Å². The lowest BCUT2D eigenvalue weighted by molar-refractivity contribution is 0.322. The molecule has 0 saturated heterocycles. The second-order valence-corrected chi connectivity index (χ2v) is 2.79. The highest BCUT2D eigenvalue weighted by Gasteiger charge is 2.09. The van der Waals surface area contributed by atoms with Gasteiger partial charge in [0.05, 0.1) is 0 Å². The number of nitrogens with zero attached hydrogens (tertiary/aromatic N) is 2. The predicted octanol–water partition coefficient (Wildman–Crippen LogP) is 1.87. The first-order chi connectivity index (χ1) is 5.88. The zero-order chi connectivity index (χ0) is 8.81. The summed E-state index contributed by atoms with van der Waals surface area (Å²) in [6, 6.07) is 0. The van der Waals surface area contributed by atoms with Crippen LogP contribution in [0.25, 0.3) is 0 Å². The maximum Gasteiger partial charge on any atom is 0.0419 e. The molecule has 1 aliphatic carbocycles. The molecule has 1 saturated carbocycles. The number of allylic oxidation sites excluding steroid dienone is 1. The van der Waals surface area contributed by atoms with Crippen molar-refractivity contribution in [3.63, 3.8) is 0 Å². The second kappa shape index (κ2) is 4.57. The Bertz CT molecular complexity index is 239. The highest BCUT2D eigenvalue weighted by molar-refractivity contribution is 6.06. The molecule has 1 N–H and O–H groups in total. The number of hydrogen-bond donors (Lipinski definition) is 1. The van der Waals surface area contributed by atoms with Gasteiger partial charge in [-0.15, -0.1) is 0 Å². The first kappa shape index (κ1) is 8.81. The zero-order valence-corrected chi connectivity index (χ0v) is 6.79. The van der Waals surface area contributed by atoms with Gasteiger partial charge in [0.25, 0.3) is 0 Å². The van der Waals surface area contributed by atoms with Gasteiger partial charge in [-0.05, 0) is 30.8 Å². The van der Waals surface area contributed by atoms with E-state index in [1.807, 2.05) is 0 Å². The topological polar surface area (TPSA) is 68.0 Å². The summed E-state index contributed by atoms with van der Waals surface area (Å²) in [4.78, 5) is 0. The molecular formula is C8H11N2O2-. The fourth-order valence-electron chi connectivity index (χ4n) is 1.35. The third-order valence-corrected chi connectivity index (χ3v) is 1.98. The number of rotatable bonds is 0. The molecule has 1 rings (SSSR count). The van der Waals surface area contributed by atoms with E-state index in [4.69, 9.17) is 5.21 Å². The van der Waals surface area contributed by atoms with E-state index in [0.717, 1.165) is 25.7 Å². The van der Waals surface area contributed by atoms with Crippen molar-refractivity contribution in [2.45, 2.75) is 32.1 Å². The van der Waals surface area contributed by atoms with E-state index in [9.17, 15) is 5.21 Å². The Labute approximate surface area is 70.9 Å². The van der Waals surface area contributed by atoms with Crippen molar-refractivity contribution >= 4 is 11.6 Å². The van der Waals surface area contributed by atoms with Crippen LogP contribution in [0.3, 0.4) is 0 Å². The molecule has 1 fully saturated rings. The molecule has 4 heteroatoms. The normalized spacial score (nSPS) is 21.7. The van der Waals surface area contributed by atoms with Crippen LogP contribution >= 0.6 is 0 Å². The van der Waals surface area contributed by atoms with Crippen LogP contribution < -0.4 is 0 Å². The summed E-state index contributed by atoms with van der Waals surface area (Å²) in [6.07, 6.45) is 4.51. The molecule has 0 radical (unpaired) electrons. The molecule has 0 spiro atoms. The molecule has 66 valence electrons. The molecule has 0 aromatic carbocycles. The summed E-state index contributed by atoms with van der Waals surface area (Å²) in [7, 11) is 0. The first-order valence-electron chi connectivity index (χ1n) is 4.04. The van der Waals surface area contributed by atoms with Gasteiger partial charge in [0, 0.05) is 17.2 Å². The predicted molar refractivity (Wildman–Crippen MR) is 46.6 cm³/mol. The van der Waals surface area contributed by atoms with E-state index >= 15 is 0 Å². The summed E-state index contributed by atoms with van der Waals surface area (Å²) < 4.78 is 0. The minimum atomic E-state index is 0.491. The molecule has 4 nitrogen and oxygen atoms in total. The molecular weight excluding hydrogens is 156 g/mol. The Morgan fingerprint density at radius 3 is 2.67 bits per heavy atom. The average Bonchev–Trinajstić information content (AvgIpc) is 2.30. The fraction of sp³-hybridized carbons (Fsp3) is 0.625. The van der Waals surface area contributed by atoms with Gasteiger partial charge in [0.1, 0.15) is 0 Å². The molecule has 12 heavy (non-hydrogen) atoms. The first-order valence-corrected chi connectivity index (χ1v) is 4.04. The highest BCUT2D eigenvalue weighted by atomic mass is 16.4. The highest BCUT2D eigenvalue weighted by Crippen LogP contribution is 2.18. The lowest BCUT2D eigenvalue weighted by Crippen LogP contribution is -2.00. The van der Waals surface area contributed by atoms with Gasteiger partial charge in [-0.25, -0.2) is 0 Å². The molecule has 0 aromatic rings. The lowest BCUT2D eigenvalue weighted by atomic mass is 10.1. The maximum absolute atomic E-state index is 10.3. The molecule has 0 amide bonds. The van der Waals surface area contributed by atoms with Gasteiger partial charge in [-0.3, -0.25) is 0 Å². The van der Waals surface area contributed by atoms with Crippen molar-refractivity contribution < 1.29 is 5.21 Å². The molecule has 0 bridgehead atoms. The minimum Gasteiger partial charge on any atom is -0.792 e. The summed E-state index contributed by atoms with van der Waals surface area (Å²) in [5, 5.41) is 24.3. The maximum atomic E-state index is 10.3. The van der Waals surface area contributed by atoms with Crippen LogP contribution in [0.5, 0.6) is 0 Å². The van der Waals surface area contributed by atoms with Crippen molar-refractivity contribution in [3.05, 3.63) is 10.8 Å². The molecule has 0 aromatic heterocycles. The Kier molecular flexibility index (Phi) is 3.35. The van der Waals surface area contributed by atoms with Crippen LogP contribution in [0.15, 0.2) is 15.9 Å². The van der Waals surface area contributed by atoms with Crippen molar-refractivity contribution in [1.82, 2.24) is 0 Å². The smallest absolute Gasteiger partial charge is 0.0419 e. The summed E-state index contributed by atoms with van der Waals surface area (Å²) >= 11 is 0. The van der Waals surface area contributed by atoms with Gasteiger partial charge >= 0.3 is 0 Å². The van der Waals surface area contributed by atoms with Crippen LogP contribution in [0, 0.1) is 5.21 Å². The van der Waals surface area contributed by atoms with Gasteiger partial charge in [0.2, 0.25) is 0 Å². The third kappa shape index (κ3) is 2.10. The van der Waals surface area contributed by atoms with Crippen molar-refractivity contribution in [1.29, 1.82) is 0 Å². The fourth-order valence-corrected chi connectivity index (χ4v) is 1.35. The zero-order valence-electron chi connectivity index (χ0n) is 6.79. The summed E-state index contributed by atoms with van der Waals surface area (Å²) in [6.45, 7) is 0. The van der Waals surface area contributed by atoms with E-state index in [0.29, 0.717) is 17.7 Å². The molecule has 0 unspecified atom stereocenters. The van der Waals surface area contributed by atoms with E-state index in [2.05, 4.69) is 16.2 Å². The van der Waals surface area contributed by atoms with Crippen molar-refractivity contribution in [2.24, 2.45) is 10.3 Å². The Morgan fingerprint density at radius 2 is 2.00 bits per heavy atom. The average molecular weight is 167 g/mol. The van der Waals surface area contributed by atoms with Crippen molar-refractivity contribution in [2.75, 3.05) is 0 Å². The lowest BCUT2D eigenvalue weighted by Gasteiger charge is -2.04. The largest absolute Gasteiger partial charge is 0.792 e. The third-order valence-electron chi connectivity index (χ3n) is 1.98. The summed E-state index contributed by atoms with van der Waals surface area (Å²) in [5.74, 6) is 2.39. The van der Waals surface area contributed by atoms with Crippen LogP contribution in [0.4, 0.5) is 0 Å². The van der Waals surface area contributed by atoms with Gasteiger partial charge in [-0.1, -0.05) is 6.42 Å². The quantitative estimate of drug-likeness (QED) is 0.259. The Hall–Kier alpha value is -1.28. The van der Waals surface area contributed by atoms with Gasteiger partial charge in [0.15, 0.2) is 0 Å². The summed E-state index contributed by atoms with van der Waals surface area (Å²) in [5.41, 5.74) is 1.15.